The second-order valence-corrected chi connectivity index (χ2v) is 9.39. The van der Waals surface area contributed by atoms with Gasteiger partial charge in [-0.05, 0) is 48.9 Å². The molecule has 0 bridgehead atoms. The van der Waals surface area contributed by atoms with Gasteiger partial charge in [-0.2, -0.15) is 10.5 Å². The van der Waals surface area contributed by atoms with Crippen LogP contribution in [0.3, 0.4) is 0 Å². The van der Waals surface area contributed by atoms with Gasteiger partial charge in [0.15, 0.2) is 0 Å². The third kappa shape index (κ3) is 6.09. The molecular formula is C31H31N5O3. The van der Waals surface area contributed by atoms with Gasteiger partial charge < -0.3 is 29.0 Å². The second-order valence-electron chi connectivity index (χ2n) is 9.39. The average Bonchev–Trinajstić information content (AvgIpc) is 3.38. The van der Waals surface area contributed by atoms with Crippen molar-refractivity contribution in [3.05, 3.63) is 72.3 Å². The van der Waals surface area contributed by atoms with Gasteiger partial charge >= 0.3 is 0 Å². The van der Waals surface area contributed by atoms with Crippen LogP contribution in [-0.4, -0.2) is 57.6 Å². The molecule has 2 heterocycles. The standard InChI is InChI=1S/C31H31N5O3/c1-23-6-8-28-30(20-23)38-18-19-39-31-22-25(27-21-24-4-2-3-5-26(24)34-27)7-9-29(31)36(13-11-33)15-17-37-16-14-35(28)12-10-32/h2-9,20-22,34H,12-19H2,1H3. The number of rotatable bonds is 3. The Hall–Kier alpha value is -4.66. The van der Waals surface area contributed by atoms with Crippen molar-refractivity contribution in [2.45, 2.75) is 6.92 Å². The van der Waals surface area contributed by atoms with E-state index in [2.05, 4.69) is 35.3 Å². The van der Waals surface area contributed by atoms with Crippen molar-refractivity contribution in [2.75, 3.05) is 62.4 Å². The number of nitrogens with zero attached hydrogens (tertiary/aromatic N) is 4. The largest absolute Gasteiger partial charge is 0.488 e. The first-order valence-corrected chi connectivity index (χ1v) is 13.1. The van der Waals surface area contributed by atoms with E-state index in [-0.39, 0.29) is 13.1 Å². The van der Waals surface area contributed by atoms with E-state index < -0.39 is 0 Å². The number of hydrogen-bond acceptors (Lipinski definition) is 7. The van der Waals surface area contributed by atoms with Crippen molar-refractivity contribution in [1.29, 1.82) is 10.5 Å². The van der Waals surface area contributed by atoms with Crippen LogP contribution in [0.1, 0.15) is 5.56 Å². The maximum Gasteiger partial charge on any atom is 0.143 e. The molecule has 0 unspecified atom stereocenters. The quantitative estimate of drug-likeness (QED) is 0.366. The Labute approximate surface area is 228 Å². The van der Waals surface area contributed by atoms with Crippen molar-refractivity contribution >= 4 is 22.3 Å². The van der Waals surface area contributed by atoms with Crippen LogP contribution >= 0.6 is 0 Å². The molecule has 1 aliphatic heterocycles. The Morgan fingerprint density at radius 1 is 0.769 bits per heavy atom. The first-order chi connectivity index (χ1) is 19.2. The van der Waals surface area contributed by atoms with Gasteiger partial charge in [0.1, 0.15) is 37.8 Å². The van der Waals surface area contributed by atoms with Gasteiger partial charge in [-0.25, -0.2) is 0 Å². The molecular weight excluding hydrogens is 490 g/mol. The Bertz CT molecular complexity index is 1480. The van der Waals surface area contributed by atoms with Gasteiger partial charge in [-0.1, -0.05) is 30.3 Å². The number of nitrogens with one attached hydrogen (secondary N) is 1. The van der Waals surface area contributed by atoms with Crippen LogP contribution in [0.4, 0.5) is 11.4 Å². The Balaban J connectivity index is 1.46. The van der Waals surface area contributed by atoms with Crippen LogP contribution in [0.2, 0.25) is 0 Å². The zero-order valence-electron chi connectivity index (χ0n) is 22.0. The molecule has 198 valence electrons. The number of fused-ring (bicyclic) bond motifs is 3. The maximum atomic E-state index is 9.55. The first kappa shape index (κ1) is 26.0. The molecule has 1 N–H and O–H groups in total. The van der Waals surface area contributed by atoms with E-state index in [4.69, 9.17) is 14.2 Å². The molecule has 1 aromatic heterocycles. The highest BCUT2D eigenvalue weighted by atomic mass is 16.5. The molecule has 0 saturated heterocycles. The molecule has 39 heavy (non-hydrogen) atoms. The minimum atomic E-state index is 0.202. The molecule has 0 aliphatic carbocycles. The van der Waals surface area contributed by atoms with Gasteiger partial charge in [0.25, 0.3) is 0 Å². The van der Waals surface area contributed by atoms with Crippen LogP contribution in [0, 0.1) is 29.6 Å². The summed E-state index contributed by atoms with van der Waals surface area (Å²) in [5, 5.41) is 20.1. The molecule has 0 radical (unpaired) electrons. The monoisotopic (exact) mass is 521 g/mol. The molecule has 1 aliphatic rings. The molecule has 5 rings (SSSR count). The third-order valence-electron chi connectivity index (χ3n) is 6.73. The minimum absolute atomic E-state index is 0.202. The molecule has 3 aromatic carbocycles. The summed E-state index contributed by atoms with van der Waals surface area (Å²) in [6, 6.07) is 26.8. The Morgan fingerprint density at radius 2 is 1.41 bits per heavy atom. The predicted molar refractivity (Wildman–Crippen MR) is 152 cm³/mol. The molecule has 8 nitrogen and oxygen atoms in total. The number of H-pyrrole nitrogens is 1. The van der Waals surface area contributed by atoms with Gasteiger partial charge in [0.05, 0.1) is 36.7 Å². The zero-order chi connectivity index (χ0) is 27.0. The highest BCUT2D eigenvalue weighted by molar-refractivity contribution is 5.86. The van der Waals surface area contributed by atoms with Gasteiger partial charge in [-0.15, -0.1) is 0 Å². The summed E-state index contributed by atoms with van der Waals surface area (Å²) in [4.78, 5) is 7.41. The zero-order valence-corrected chi connectivity index (χ0v) is 22.0. The van der Waals surface area contributed by atoms with Gasteiger partial charge in [0, 0.05) is 35.2 Å². The summed E-state index contributed by atoms with van der Waals surface area (Å²) in [5.41, 5.74) is 5.81. The van der Waals surface area contributed by atoms with E-state index in [0.29, 0.717) is 51.0 Å². The minimum Gasteiger partial charge on any atom is -0.488 e. The van der Waals surface area contributed by atoms with Crippen LogP contribution in [0.25, 0.3) is 22.2 Å². The number of aryl methyl sites for hydroxylation is 1. The topological polar surface area (TPSA) is 97.5 Å². The normalized spacial score (nSPS) is 14.5. The van der Waals surface area contributed by atoms with Crippen molar-refractivity contribution < 1.29 is 14.2 Å². The van der Waals surface area contributed by atoms with Crippen molar-refractivity contribution in [3.63, 3.8) is 0 Å². The lowest BCUT2D eigenvalue weighted by Gasteiger charge is -2.25. The maximum absolute atomic E-state index is 9.55. The molecule has 0 fully saturated rings. The SMILES string of the molecule is Cc1ccc2c(c1)OCCOc1cc(-c3cc4ccccc4[nH]3)ccc1N(CC#N)CCOCCN2CC#N. The Kier molecular flexibility index (Phi) is 8.16. The number of aromatic amines is 1. The molecule has 8 heteroatoms. The van der Waals surface area contributed by atoms with Crippen molar-refractivity contribution in [2.24, 2.45) is 0 Å². The van der Waals surface area contributed by atoms with E-state index in [9.17, 15) is 10.5 Å². The van der Waals surface area contributed by atoms with E-state index in [1.54, 1.807) is 0 Å². The highest BCUT2D eigenvalue weighted by Gasteiger charge is 2.17. The third-order valence-corrected chi connectivity index (χ3v) is 6.73. The first-order valence-electron chi connectivity index (χ1n) is 13.1. The van der Waals surface area contributed by atoms with Gasteiger partial charge in [0.2, 0.25) is 0 Å². The second kappa shape index (κ2) is 12.3. The summed E-state index contributed by atoms with van der Waals surface area (Å²) in [5.74, 6) is 1.39. The van der Waals surface area contributed by atoms with Crippen LogP contribution in [0.5, 0.6) is 11.5 Å². The number of nitriles is 2. The van der Waals surface area contributed by atoms with Crippen LogP contribution < -0.4 is 19.3 Å². The number of benzene rings is 3. The molecule has 0 atom stereocenters. The lowest BCUT2D eigenvalue weighted by Crippen LogP contribution is -2.31. The fraction of sp³-hybridized carbons (Fsp3) is 0.290. The molecule has 0 spiro atoms. The van der Waals surface area contributed by atoms with Crippen LogP contribution in [-0.2, 0) is 4.74 Å². The summed E-state index contributed by atoms with van der Waals surface area (Å²) in [7, 11) is 0. The molecule has 0 amide bonds. The smallest absolute Gasteiger partial charge is 0.143 e. The number of hydrogen-bond donors (Lipinski definition) is 1. The summed E-state index contributed by atoms with van der Waals surface area (Å²) >= 11 is 0. The summed E-state index contributed by atoms with van der Waals surface area (Å²) in [6.45, 7) is 5.02. The van der Waals surface area contributed by atoms with Crippen molar-refractivity contribution in [1.82, 2.24) is 4.98 Å². The average molecular weight is 522 g/mol. The molecule has 4 aromatic rings. The van der Waals surface area contributed by atoms with Crippen LogP contribution in [0.15, 0.2) is 66.7 Å². The summed E-state index contributed by atoms with van der Waals surface area (Å²) in [6.07, 6.45) is 0. The van der Waals surface area contributed by atoms with E-state index in [1.807, 2.05) is 65.3 Å². The lowest BCUT2D eigenvalue weighted by atomic mass is 10.1. The van der Waals surface area contributed by atoms with Gasteiger partial charge in [-0.3, -0.25) is 0 Å². The Morgan fingerprint density at radius 3 is 2.08 bits per heavy atom. The fourth-order valence-corrected chi connectivity index (χ4v) is 4.78. The number of ether oxygens (including phenoxy) is 3. The summed E-state index contributed by atoms with van der Waals surface area (Å²) < 4.78 is 18.4. The predicted octanol–water partition coefficient (Wildman–Crippen LogP) is 5.29. The van der Waals surface area contributed by atoms with E-state index in [0.717, 1.165) is 39.1 Å². The van der Waals surface area contributed by atoms with E-state index in [1.165, 1.54) is 0 Å². The van der Waals surface area contributed by atoms with E-state index >= 15 is 0 Å². The van der Waals surface area contributed by atoms with Crippen molar-refractivity contribution in [3.8, 4) is 34.9 Å². The number of aromatic nitrogens is 1. The molecule has 0 saturated carbocycles. The fourth-order valence-electron chi connectivity index (χ4n) is 4.78. The number of anilines is 2. The lowest BCUT2D eigenvalue weighted by molar-refractivity contribution is 0.146. The number of para-hydroxylation sites is 1. The highest BCUT2D eigenvalue weighted by Crippen LogP contribution is 2.35.